The smallest absolute Gasteiger partial charge is 0.251 e. The van der Waals surface area contributed by atoms with Gasteiger partial charge in [0.05, 0.1) is 0 Å². The van der Waals surface area contributed by atoms with Crippen LogP contribution in [0.15, 0.2) is 24.3 Å². The average molecular weight is 238 g/mol. The molecule has 94 valence electrons. The van der Waals surface area contributed by atoms with E-state index in [0.29, 0.717) is 18.0 Å². The van der Waals surface area contributed by atoms with Crippen molar-refractivity contribution in [2.24, 2.45) is 11.7 Å². The Labute approximate surface area is 101 Å². The highest BCUT2D eigenvalue weighted by Gasteiger charge is 2.16. The molecular formula is C13H19FN2O. The van der Waals surface area contributed by atoms with Gasteiger partial charge in [-0.15, -0.1) is 0 Å². The van der Waals surface area contributed by atoms with Gasteiger partial charge < -0.3 is 11.1 Å². The third-order valence-electron chi connectivity index (χ3n) is 2.71. The summed E-state index contributed by atoms with van der Waals surface area (Å²) in [5.41, 5.74) is 5.97. The topological polar surface area (TPSA) is 55.1 Å². The quantitative estimate of drug-likeness (QED) is 0.823. The van der Waals surface area contributed by atoms with Gasteiger partial charge in [0.15, 0.2) is 0 Å². The molecule has 1 rings (SSSR count). The van der Waals surface area contributed by atoms with Crippen molar-refractivity contribution in [2.75, 3.05) is 6.54 Å². The third kappa shape index (κ3) is 4.15. The molecule has 0 bridgehead atoms. The number of hydrogen-bond acceptors (Lipinski definition) is 2. The lowest BCUT2D eigenvalue weighted by Crippen LogP contribution is -2.39. The number of benzene rings is 1. The highest BCUT2D eigenvalue weighted by Crippen LogP contribution is 2.08. The van der Waals surface area contributed by atoms with Crippen molar-refractivity contribution < 1.29 is 9.18 Å². The Hall–Kier alpha value is -1.42. The van der Waals surface area contributed by atoms with Crippen LogP contribution in [0.4, 0.5) is 4.39 Å². The molecule has 1 aromatic carbocycles. The van der Waals surface area contributed by atoms with E-state index >= 15 is 0 Å². The average Bonchev–Trinajstić information content (AvgIpc) is 2.29. The first-order valence-electron chi connectivity index (χ1n) is 5.81. The van der Waals surface area contributed by atoms with E-state index in [4.69, 9.17) is 5.73 Å². The second-order valence-corrected chi connectivity index (χ2v) is 4.41. The zero-order valence-electron chi connectivity index (χ0n) is 10.2. The zero-order chi connectivity index (χ0) is 12.8. The third-order valence-corrected chi connectivity index (χ3v) is 2.71. The van der Waals surface area contributed by atoms with Crippen molar-refractivity contribution >= 4 is 5.91 Å². The van der Waals surface area contributed by atoms with Crippen molar-refractivity contribution in [3.63, 3.8) is 0 Å². The maximum absolute atomic E-state index is 12.7. The van der Waals surface area contributed by atoms with Crippen molar-refractivity contribution in [1.82, 2.24) is 5.32 Å². The molecule has 17 heavy (non-hydrogen) atoms. The second-order valence-electron chi connectivity index (χ2n) is 4.41. The van der Waals surface area contributed by atoms with Gasteiger partial charge in [-0.25, -0.2) is 4.39 Å². The fourth-order valence-corrected chi connectivity index (χ4v) is 1.60. The number of rotatable bonds is 5. The lowest BCUT2D eigenvalue weighted by molar-refractivity contribution is 0.0924. The van der Waals surface area contributed by atoms with Crippen LogP contribution in [0, 0.1) is 11.7 Å². The molecule has 1 amide bonds. The minimum Gasteiger partial charge on any atom is -0.349 e. The Morgan fingerprint density at radius 2 is 1.94 bits per heavy atom. The van der Waals surface area contributed by atoms with E-state index < -0.39 is 0 Å². The highest BCUT2D eigenvalue weighted by atomic mass is 19.1. The normalized spacial score (nSPS) is 12.5. The number of nitrogens with one attached hydrogen (secondary N) is 1. The summed E-state index contributed by atoms with van der Waals surface area (Å²) in [7, 11) is 0. The molecule has 0 aliphatic heterocycles. The maximum Gasteiger partial charge on any atom is 0.251 e. The van der Waals surface area contributed by atoms with Crippen LogP contribution in [0.1, 0.15) is 30.6 Å². The minimum absolute atomic E-state index is 0.0533. The van der Waals surface area contributed by atoms with Gasteiger partial charge >= 0.3 is 0 Å². The molecule has 1 unspecified atom stereocenters. The van der Waals surface area contributed by atoms with Crippen LogP contribution in [0.3, 0.4) is 0 Å². The molecule has 0 heterocycles. The number of hydrogen-bond donors (Lipinski definition) is 2. The van der Waals surface area contributed by atoms with Crippen molar-refractivity contribution in [2.45, 2.75) is 26.3 Å². The maximum atomic E-state index is 12.7. The second kappa shape index (κ2) is 6.35. The summed E-state index contributed by atoms with van der Waals surface area (Å²) in [6.45, 7) is 4.60. The molecule has 0 aliphatic carbocycles. The van der Waals surface area contributed by atoms with Crippen LogP contribution >= 0.6 is 0 Å². The van der Waals surface area contributed by atoms with Crippen LogP contribution < -0.4 is 11.1 Å². The van der Waals surface area contributed by atoms with Gasteiger partial charge in [-0.1, -0.05) is 13.8 Å². The van der Waals surface area contributed by atoms with Crippen LogP contribution in [0.2, 0.25) is 0 Å². The molecule has 3 nitrogen and oxygen atoms in total. The van der Waals surface area contributed by atoms with E-state index in [1.165, 1.54) is 24.3 Å². The van der Waals surface area contributed by atoms with E-state index in [2.05, 4.69) is 5.32 Å². The predicted molar refractivity (Wildman–Crippen MR) is 66.2 cm³/mol. The van der Waals surface area contributed by atoms with Crippen LogP contribution in [0.25, 0.3) is 0 Å². The molecule has 3 N–H and O–H groups in total. The molecule has 0 radical (unpaired) electrons. The molecule has 0 fully saturated rings. The largest absolute Gasteiger partial charge is 0.349 e. The lowest BCUT2D eigenvalue weighted by atomic mass is 10.0. The molecule has 0 saturated heterocycles. The molecule has 0 spiro atoms. The summed E-state index contributed by atoms with van der Waals surface area (Å²) >= 11 is 0. The number of carbonyl (C=O) groups excluding carboxylic acids is 1. The molecule has 4 heteroatoms. The van der Waals surface area contributed by atoms with Gasteiger partial charge in [0, 0.05) is 11.6 Å². The molecule has 0 aliphatic rings. The van der Waals surface area contributed by atoms with E-state index in [1.54, 1.807) is 0 Å². The number of nitrogens with two attached hydrogens (primary N) is 1. The first-order valence-corrected chi connectivity index (χ1v) is 5.81. The summed E-state index contributed by atoms with van der Waals surface area (Å²) in [5.74, 6) is -0.205. The van der Waals surface area contributed by atoms with Gasteiger partial charge in [0.25, 0.3) is 5.91 Å². The standard InChI is InChI=1S/C13H19FN2O/c1-9(2)12(7-8-15)16-13(17)10-3-5-11(14)6-4-10/h3-6,9,12H,7-8,15H2,1-2H3,(H,16,17). The Kier molecular flexibility index (Phi) is 5.10. The van der Waals surface area contributed by atoms with Crippen molar-refractivity contribution in [3.05, 3.63) is 35.6 Å². The summed E-state index contributed by atoms with van der Waals surface area (Å²) in [4.78, 5) is 11.9. The summed E-state index contributed by atoms with van der Waals surface area (Å²) in [6, 6.07) is 5.57. The Morgan fingerprint density at radius 1 is 1.35 bits per heavy atom. The van der Waals surface area contributed by atoms with Crippen molar-refractivity contribution in [1.29, 1.82) is 0 Å². The Morgan fingerprint density at radius 3 is 2.41 bits per heavy atom. The van der Waals surface area contributed by atoms with Crippen LogP contribution in [-0.2, 0) is 0 Å². The van der Waals surface area contributed by atoms with Crippen LogP contribution in [-0.4, -0.2) is 18.5 Å². The molecule has 1 aromatic rings. The first kappa shape index (κ1) is 13.6. The molecule has 1 atom stereocenters. The SMILES string of the molecule is CC(C)C(CCN)NC(=O)c1ccc(F)cc1. The lowest BCUT2D eigenvalue weighted by Gasteiger charge is -2.21. The molecule has 0 aromatic heterocycles. The van der Waals surface area contributed by atoms with E-state index in [-0.39, 0.29) is 17.8 Å². The fraction of sp³-hybridized carbons (Fsp3) is 0.462. The predicted octanol–water partition coefficient (Wildman–Crippen LogP) is 1.93. The number of amides is 1. The Balaban J connectivity index is 2.66. The minimum atomic E-state index is -0.344. The summed E-state index contributed by atoms with van der Waals surface area (Å²) in [6.07, 6.45) is 0.741. The summed E-state index contributed by atoms with van der Waals surface area (Å²) < 4.78 is 12.7. The van der Waals surface area contributed by atoms with Crippen LogP contribution in [0.5, 0.6) is 0 Å². The van der Waals surface area contributed by atoms with E-state index in [0.717, 1.165) is 6.42 Å². The monoisotopic (exact) mass is 238 g/mol. The van der Waals surface area contributed by atoms with Crippen molar-refractivity contribution in [3.8, 4) is 0 Å². The van der Waals surface area contributed by atoms with Gasteiger partial charge in [0.2, 0.25) is 0 Å². The van der Waals surface area contributed by atoms with Gasteiger partial charge in [0.1, 0.15) is 5.82 Å². The number of carbonyl (C=O) groups is 1. The van der Waals surface area contributed by atoms with Gasteiger partial charge in [-0.3, -0.25) is 4.79 Å². The fourth-order valence-electron chi connectivity index (χ4n) is 1.60. The first-order chi connectivity index (χ1) is 8.04. The van der Waals surface area contributed by atoms with Gasteiger partial charge in [-0.2, -0.15) is 0 Å². The molecular weight excluding hydrogens is 219 g/mol. The zero-order valence-corrected chi connectivity index (χ0v) is 10.2. The van der Waals surface area contributed by atoms with E-state index in [9.17, 15) is 9.18 Å². The van der Waals surface area contributed by atoms with E-state index in [1.807, 2.05) is 13.8 Å². The highest BCUT2D eigenvalue weighted by molar-refractivity contribution is 5.94. The van der Waals surface area contributed by atoms with Gasteiger partial charge in [-0.05, 0) is 43.1 Å². The Bertz CT molecular complexity index is 362. The number of halogens is 1. The summed E-state index contributed by atoms with van der Waals surface area (Å²) in [5, 5.41) is 2.91. The molecule has 0 saturated carbocycles.